The molecular formula is C17H19NO6. The van der Waals surface area contributed by atoms with Crippen molar-refractivity contribution in [3.8, 4) is 11.5 Å². The highest BCUT2D eigenvalue weighted by Crippen LogP contribution is 2.41. The van der Waals surface area contributed by atoms with Crippen molar-refractivity contribution < 1.29 is 29.3 Å². The minimum Gasteiger partial charge on any atom is -0.504 e. The highest BCUT2D eigenvalue weighted by atomic mass is 16.5. The Balaban J connectivity index is 2.71. The topological polar surface area (TPSA) is 105 Å². The Bertz CT molecular complexity index is 724. The molecular weight excluding hydrogens is 314 g/mol. The second-order valence-electron chi connectivity index (χ2n) is 5.37. The Morgan fingerprint density at radius 2 is 1.46 bits per heavy atom. The molecule has 0 aliphatic carbocycles. The first-order chi connectivity index (χ1) is 11.3. The van der Waals surface area contributed by atoms with E-state index in [-0.39, 0.29) is 22.6 Å². The van der Waals surface area contributed by atoms with Gasteiger partial charge >= 0.3 is 11.9 Å². The van der Waals surface area contributed by atoms with Crippen molar-refractivity contribution >= 4 is 11.9 Å². The molecule has 1 aliphatic heterocycles. The zero-order valence-electron chi connectivity index (χ0n) is 13.8. The van der Waals surface area contributed by atoms with Crippen molar-refractivity contribution in [2.24, 2.45) is 0 Å². The zero-order chi connectivity index (χ0) is 18.0. The number of phenols is 2. The van der Waals surface area contributed by atoms with Gasteiger partial charge in [0.05, 0.1) is 31.3 Å². The third-order valence-electron chi connectivity index (χ3n) is 3.90. The van der Waals surface area contributed by atoms with E-state index in [4.69, 9.17) is 9.47 Å². The predicted octanol–water partition coefficient (Wildman–Crippen LogP) is 1.68. The van der Waals surface area contributed by atoms with Gasteiger partial charge in [-0.05, 0) is 31.5 Å². The zero-order valence-corrected chi connectivity index (χ0v) is 13.8. The molecule has 0 radical (unpaired) electrons. The molecule has 7 heteroatoms. The number of benzene rings is 1. The van der Waals surface area contributed by atoms with E-state index in [0.717, 1.165) is 0 Å². The molecule has 3 N–H and O–H groups in total. The summed E-state index contributed by atoms with van der Waals surface area (Å²) in [6.45, 7) is 3.38. The highest BCUT2D eigenvalue weighted by Gasteiger charge is 2.37. The van der Waals surface area contributed by atoms with Crippen LogP contribution in [0.5, 0.6) is 11.5 Å². The summed E-state index contributed by atoms with van der Waals surface area (Å²) in [6.07, 6.45) is 0. The lowest BCUT2D eigenvalue weighted by atomic mass is 9.80. The first kappa shape index (κ1) is 17.4. The number of hydrogen-bond donors (Lipinski definition) is 3. The van der Waals surface area contributed by atoms with Crippen LogP contribution < -0.4 is 5.32 Å². The minimum atomic E-state index is -0.794. The summed E-state index contributed by atoms with van der Waals surface area (Å²) in [4.78, 5) is 24.5. The number of dihydropyridines is 1. The quantitative estimate of drug-likeness (QED) is 0.571. The monoisotopic (exact) mass is 333 g/mol. The molecule has 1 heterocycles. The van der Waals surface area contributed by atoms with Crippen molar-refractivity contribution in [2.75, 3.05) is 14.2 Å². The van der Waals surface area contributed by atoms with Crippen LogP contribution in [0, 0.1) is 0 Å². The van der Waals surface area contributed by atoms with Crippen LogP contribution >= 0.6 is 0 Å². The summed E-state index contributed by atoms with van der Waals surface area (Å²) in [5, 5.41) is 22.3. The lowest BCUT2D eigenvalue weighted by Gasteiger charge is -2.30. The van der Waals surface area contributed by atoms with E-state index >= 15 is 0 Å². The van der Waals surface area contributed by atoms with E-state index in [1.165, 1.54) is 32.4 Å². The fourth-order valence-corrected chi connectivity index (χ4v) is 2.81. The second kappa shape index (κ2) is 6.66. The Morgan fingerprint density at radius 1 is 0.958 bits per heavy atom. The molecule has 128 valence electrons. The van der Waals surface area contributed by atoms with Crippen molar-refractivity contribution in [1.82, 2.24) is 5.32 Å². The number of ether oxygens (including phenoxy) is 2. The molecule has 0 spiro atoms. The first-order valence-electron chi connectivity index (χ1n) is 7.18. The molecule has 0 saturated carbocycles. The standard InChI is InChI=1S/C17H19NO6/c1-8-13(16(21)23-3)15(10-5-6-11(19)12(20)7-10)14(9(2)18-8)17(22)24-4/h5-7,15,18-20H,1-4H3. The molecule has 1 aliphatic rings. The van der Waals surface area contributed by atoms with E-state index in [9.17, 15) is 19.8 Å². The van der Waals surface area contributed by atoms with Crippen LogP contribution in [-0.4, -0.2) is 36.4 Å². The molecule has 0 unspecified atom stereocenters. The van der Waals surface area contributed by atoms with E-state index in [0.29, 0.717) is 17.0 Å². The number of nitrogens with one attached hydrogen (secondary N) is 1. The van der Waals surface area contributed by atoms with Gasteiger partial charge in [-0.15, -0.1) is 0 Å². The molecule has 0 saturated heterocycles. The van der Waals surface area contributed by atoms with Crippen LogP contribution in [0.25, 0.3) is 0 Å². The van der Waals surface area contributed by atoms with Crippen LogP contribution in [0.4, 0.5) is 0 Å². The number of allylic oxidation sites excluding steroid dienone is 2. The Kier molecular flexibility index (Phi) is 4.82. The summed E-state index contributed by atoms with van der Waals surface area (Å²) in [7, 11) is 2.49. The molecule has 1 aromatic carbocycles. The number of carbonyl (C=O) groups excluding carboxylic acids is 2. The van der Waals surface area contributed by atoms with Gasteiger partial charge in [-0.1, -0.05) is 6.07 Å². The highest BCUT2D eigenvalue weighted by molar-refractivity contribution is 5.99. The van der Waals surface area contributed by atoms with Gasteiger partial charge in [-0.25, -0.2) is 9.59 Å². The molecule has 0 aromatic heterocycles. The largest absolute Gasteiger partial charge is 0.504 e. The van der Waals surface area contributed by atoms with E-state index < -0.39 is 17.9 Å². The molecule has 1 aromatic rings. The lowest BCUT2D eigenvalue weighted by molar-refractivity contribution is -0.137. The average molecular weight is 333 g/mol. The van der Waals surface area contributed by atoms with Gasteiger partial charge < -0.3 is 25.0 Å². The smallest absolute Gasteiger partial charge is 0.336 e. The normalized spacial score (nSPS) is 15.2. The molecule has 0 atom stereocenters. The van der Waals surface area contributed by atoms with Crippen molar-refractivity contribution in [3.63, 3.8) is 0 Å². The number of rotatable bonds is 3. The van der Waals surface area contributed by atoms with Gasteiger partial charge in [0.2, 0.25) is 0 Å². The van der Waals surface area contributed by atoms with Gasteiger partial charge in [-0.2, -0.15) is 0 Å². The predicted molar refractivity (Wildman–Crippen MR) is 85.1 cm³/mol. The van der Waals surface area contributed by atoms with Crippen LogP contribution in [0.2, 0.25) is 0 Å². The van der Waals surface area contributed by atoms with E-state index in [1.807, 2.05) is 0 Å². The summed E-state index contributed by atoms with van der Waals surface area (Å²) in [5.74, 6) is -2.65. The van der Waals surface area contributed by atoms with E-state index in [1.54, 1.807) is 13.8 Å². The number of esters is 2. The summed E-state index contributed by atoms with van der Waals surface area (Å²) >= 11 is 0. The minimum absolute atomic E-state index is 0.230. The molecule has 2 rings (SSSR count). The molecule has 0 bridgehead atoms. The van der Waals surface area contributed by atoms with Crippen LogP contribution in [-0.2, 0) is 19.1 Å². The van der Waals surface area contributed by atoms with Crippen LogP contribution in [0.15, 0.2) is 40.7 Å². The summed E-state index contributed by atoms with van der Waals surface area (Å²) in [6, 6.07) is 4.12. The number of phenolic OH excluding ortho intramolecular Hbond substituents is 2. The second-order valence-corrected chi connectivity index (χ2v) is 5.37. The fourth-order valence-electron chi connectivity index (χ4n) is 2.81. The third-order valence-corrected chi connectivity index (χ3v) is 3.90. The Labute approximate surface area is 139 Å². The fraction of sp³-hybridized carbons (Fsp3) is 0.294. The van der Waals surface area contributed by atoms with Gasteiger partial charge in [0.15, 0.2) is 11.5 Å². The van der Waals surface area contributed by atoms with Gasteiger partial charge in [0.1, 0.15) is 0 Å². The van der Waals surface area contributed by atoms with Crippen molar-refractivity contribution in [3.05, 3.63) is 46.3 Å². The van der Waals surface area contributed by atoms with Crippen molar-refractivity contribution in [2.45, 2.75) is 19.8 Å². The van der Waals surface area contributed by atoms with Crippen LogP contribution in [0.3, 0.4) is 0 Å². The number of hydrogen-bond acceptors (Lipinski definition) is 7. The average Bonchev–Trinajstić information content (AvgIpc) is 2.55. The SMILES string of the molecule is COC(=O)C1=C(C)NC(C)=C(C(=O)OC)C1c1ccc(O)c(O)c1. The maximum atomic E-state index is 12.3. The number of methoxy groups -OCH3 is 2. The molecule has 0 amide bonds. The van der Waals surface area contributed by atoms with Gasteiger partial charge in [0.25, 0.3) is 0 Å². The summed E-state index contributed by atoms with van der Waals surface area (Å²) < 4.78 is 9.68. The molecule has 24 heavy (non-hydrogen) atoms. The Hall–Kier alpha value is -2.96. The number of aromatic hydroxyl groups is 2. The maximum absolute atomic E-state index is 12.3. The number of carbonyl (C=O) groups is 2. The molecule has 0 fully saturated rings. The van der Waals surface area contributed by atoms with Crippen molar-refractivity contribution in [1.29, 1.82) is 0 Å². The van der Waals surface area contributed by atoms with Gasteiger partial charge in [0, 0.05) is 11.4 Å². The first-order valence-corrected chi connectivity index (χ1v) is 7.18. The van der Waals surface area contributed by atoms with Crippen LogP contribution in [0.1, 0.15) is 25.3 Å². The lowest BCUT2D eigenvalue weighted by Crippen LogP contribution is -2.32. The maximum Gasteiger partial charge on any atom is 0.336 e. The van der Waals surface area contributed by atoms with E-state index in [2.05, 4.69) is 5.32 Å². The third kappa shape index (κ3) is 2.92. The Morgan fingerprint density at radius 3 is 1.88 bits per heavy atom. The summed E-state index contributed by atoms with van der Waals surface area (Å²) in [5.41, 5.74) is 1.97. The van der Waals surface area contributed by atoms with Gasteiger partial charge in [-0.3, -0.25) is 0 Å². The molecule has 7 nitrogen and oxygen atoms in total.